The van der Waals surface area contributed by atoms with Gasteiger partial charge in [-0.25, -0.2) is 19.6 Å². The Bertz CT molecular complexity index is 850. The molecule has 0 atom stereocenters. The largest absolute Gasteiger partial charge is 0.357 e. The molecule has 0 radical (unpaired) electrons. The van der Waals surface area contributed by atoms with Crippen molar-refractivity contribution in [3.63, 3.8) is 0 Å². The molecule has 0 aliphatic rings. The van der Waals surface area contributed by atoms with Crippen molar-refractivity contribution in [3.8, 4) is 5.69 Å². The minimum absolute atomic E-state index is 0.605. The first kappa shape index (κ1) is 18.1. The Morgan fingerprint density at radius 2 is 2.00 bits per heavy atom. The fourth-order valence-corrected chi connectivity index (χ4v) is 3.39. The van der Waals surface area contributed by atoms with E-state index in [1.165, 1.54) is 11.2 Å². The molecule has 8 heteroatoms. The number of rotatable bonds is 6. The predicted octanol–water partition coefficient (Wildman–Crippen LogP) is 2.60. The van der Waals surface area contributed by atoms with Crippen molar-refractivity contribution in [1.29, 1.82) is 0 Å². The molecule has 0 unspecified atom stereocenters. The van der Waals surface area contributed by atoms with Crippen LogP contribution >= 0.6 is 11.3 Å². The van der Waals surface area contributed by atoms with E-state index < -0.39 is 0 Å². The molecule has 3 rings (SSSR count). The quantitative estimate of drug-likeness (QED) is 0.516. The minimum atomic E-state index is 0.605. The molecule has 3 aromatic rings. The van der Waals surface area contributed by atoms with E-state index in [1.54, 1.807) is 22.3 Å². The van der Waals surface area contributed by atoms with Crippen molar-refractivity contribution in [1.82, 2.24) is 30.4 Å². The fourth-order valence-electron chi connectivity index (χ4n) is 2.51. The van der Waals surface area contributed by atoms with Gasteiger partial charge in [-0.05, 0) is 38.5 Å². The van der Waals surface area contributed by atoms with Crippen LogP contribution in [0.2, 0.25) is 0 Å². The smallest absolute Gasteiger partial charge is 0.191 e. The molecule has 0 bridgehead atoms. The maximum absolute atomic E-state index is 4.67. The molecule has 1 aromatic carbocycles. The maximum Gasteiger partial charge on any atom is 0.191 e. The van der Waals surface area contributed by atoms with Crippen LogP contribution in [0.5, 0.6) is 0 Å². The van der Waals surface area contributed by atoms with E-state index in [2.05, 4.69) is 49.7 Å². The zero-order valence-electron chi connectivity index (χ0n) is 15.2. The topological polar surface area (TPSA) is 80.0 Å². The number of nitrogens with one attached hydrogen (secondary N) is 2. The van der Waals surface area contributed by atoms with Crippen molar-refractivity contribution in [3.05, 3.63) is 58.1 Å². The Morgan fingerprint density at radius 3 is 2.62 bits per heavy atom. The number of thiazole rings is 1. The summed E-state index contributed by atoms with van der Waals surface area (Å²) >= 11 is 1.72. The first-order chi connectivity index (χ1) is 12.7. The Balaban J connectivity index is 1.62. The van der Waals surface area contributed by atoms with Crippen LogP contribution < -0.4 is 10.6 Å². The van der Waals surface area contributed by atoms with Crippen LogP contribution in [-0.2, 0) is 13.1 Å². The Labute approximate surface area is 157 Å². The number of aromatic nitrogens is 4. The van der Waals surface area contributed by atoms with Crippen LogP contribution in [-0.4, -0.2) is 32.3 Å². The molecule has 26 heavy (non-hydrogen) atoms. The molecule has 0 amide bonds. The summed E-state index contributed by atoms with van der Waals surface area (Å²) in [6, 6.07) is 8.15. The first-order valence-corrected chi connectivity index (χ1v) is 9.36. The predicted molar refractivity (Wildman–Crippen MR) is 105 cm³/mol. The number of hydrogen-bond acceptors (Lipinski definition) is 5. The van der Waals surface area contributed by atoms with Crippen LogP contribution in [0.25, 0.3) is 5.69 Å². The fraction of sp³-hybridized carbons (Fsp3) is 0.333. The lowest BCUT2D eigenvalue weighted by Gasteiger charge is -2.11. The third-order valence-corrected chi connectivity index (χ3v) is 4.87. The average molecular weight is 369 g/mol. The van der Waals surface area contributed by atoms with Gasteiger partial charge in [0.15, 0.2) is 5.96 Å². The second-order valence-electron chi connectivity index (χ2n) is 5.80. The van der Waals surface area contributed by atoms with Gasteiger partial charge in [0.25, 0.3) is 0 Å². The highest BCUT2D eigenvalue weighted by molar-refractivity contribution is 7.11. The lowest BCUT2D eigenvalue weighted by Crippen LogP contribution is -2.36. The Kier molecular flexibility index (Phi) is 5.96. The van der Waals surface area contributed by atoms with Crippen molar-refractivity contribution in [2.75, 3.05) is 6.54 Å². The summed E-state index contributed by atoms with van der Waals surface area (Å²) in [5.74, 6) is 0.804. The normalized spacial score (nSPS) is 11.6. The van der Waals surface area contributed by atoms with Gasteiger partial charge in [-0.3, -0.25) is 0 Å². The van der Waals surface area contributed by atoms with E-state index in [1.807, 2.05) is 26.0 Å². The van der Waals surface area contributed by atoms with Crippen molar-refractivity contribution in [2.45, 2.75) is 33.9 Å². The molecule has 0 spiro atoms. The highest BCUT2D eigenvalue weighted by atomic mass is 32.1. The molecule has 0 aliphatic heterocycles. The second kappa shape index (κ2) is 8.57. The number of aryl methyl sites for hydroxylation is 2. The molecule has 0 aliphatic carbocycles. The van der Waals surface area contributed by atoms with E-state index in [9.17, 15) is 0 Å². The van der Waals surface area contributed by atoms with Crippen LogP contribution in [0.1, 0.15) is 28.1 Å². The molecule has 7 nitrogen and oxygen atoms in total. The maximum atomic E-state index is 4.67. The number of nitrogens with zero attached hydrogens (tertiary/aromatic N) is 5. The zero-order valence-corrected chi connectivity index (χ0v) is 16.0. The van der Waals surface area contributed by atoms with E-state index in [4.69, 9.17) is 0 Å². The average Bonchev–Trinajstić information content (AvgIpc) is 3.27. The highest BCUT2D eigenvalue weighted by Gasteiger charge is 2.06. The van der Waals surface area contributed by atoms with Gasteiger partial charge in [-0.2, -0.15) is 5.10 Å². The van der Waals surface area contributed by atoms with Crippen LogP contribution in [0.15, 0.2) is 41.9 Å². The molecule has 2 N–H and O–H groups in total. The number of aliphatic imine (C=N–C) groups is 1. The molecule has 0 saturated heterocycles. The van der Waals surface area contributed by atoms with Gasteiger partial charge in [0.1, 0.15) is 12.7 Å². The molecular weight excluding hydrogens is 346 g/mol. The monoisotopic (exact) mass is 369 g/mol. The Hall–Kier alpha value is -2.74. The molecular formula is C18H23N7S. The highest BCUT2D eigenvalue weighted by Crippen LogP contribution is 2.16. The molecule has 2 heterocycles. The summed E-state index contributed by atoms with van der Waals surface area (Å²) in [5.41, 5.74) is 3.20. The van der Waals surface area contributed by atoms with Crippen molar-refractivity contribution >= 4 is 17.3 Å². The Morgan fingerprint density at radius 1 is 1.19 bits per heavy atom. The number of guanidine groups is 1. The zero-order chi connectivity index (χ0) is 18.4. The van der Waals surface area contributed by atoms with Crippen molar-refractivity contribution in [2.24, 2.45) is 4.99 Å². The standard InChI is InChI=1S/C18H23N7S/c1-4-20-18(22-10-17-13(2)24-14(3)26-17)21-9-15-5-7-16(8-6-15)25-12-19-11-23-25/h5-8,11-12H,4,9-10H2,1-3H3,(H2,20,21,22). The van der Waals surface area contributed by atoms with Gasteiger partial charge in [0.05, 0.1) is 29.5 Å². The minimum Gasteiger partial charge on any atom is -0.357 e. The van der Waals surface area contributed by atoms with Gasteiger partial charge < -0.3 is 10.6 Å². The van der Waals surface area contributed by atoms with Crippen LogP contribution in [0.4, 0.5) is 0 Å². The summed E-state index contributed by atoms with van der Waals surface area (Å²) in [5, 5.41) is 11.9. The third kappa shape index (κ3) is 4.66. The van der Waals surface area contributed by atoms with Crippen molar-refractivity contribution < 1.29 is 0 Å². The molecule has 0 fully saturated rings. The van der Waals surface area contributed by atoms with Gasteiger partial charge >= 0.3 is 0 Å². The summed E-state index contributed by atoms with van der Waals surface area (Å²) < 4.78 is 1.73. The van der Waals surface area contributed by atoms with Gasteiger partial charge in [0, 0.05) is 11.4 Å². The first-order valence-electron chi connectivity index (χ1n) is 8.54. The van der Waals surface area contributed by atoms with Crippen LogP contribution in [0, 0.1) is 13.8 Å². The van der Waals surface area contributed by atoms with E-state index in [0.717, 1.165) is 41.0 Å². The lowest BCUT2D eigenvalue weighted by atomic mass is 10.2. The summed E-state index contributed by atoms with van der Waals surface area (Å²) in [4.78, 5) is 14.3. The van der Waals surface area contributed by atoms with E-state index >= 15 is 0 Å². The third-order valence-electron chi connectivity index (χ3n) is 3.80. The van der Waals surface area contributed by atoms with E-state index in [0.29, 0.717) is 6.54 Å². The number of benzene rings is 1. The van der Waals surface area contributed by atoms with Gasteiger partial charge in [-0.15, -0.1) is 11.3 Å². The van der Waals surface area contributed by atoms with Crippen LogP contribution in [0.3, 0.4) is 0 Å². The second-order valence-corrected chi connectivity index (χ2v) is 7.08. The number of hydrogen-bond donors (Lipinski definition) is 2. The molecule has 2 aromatic heterocycles. The summed E-state index contributed by atoms with van der Waals surface area (Å²) in [6.07, 6.45) is 3.21. The summed E-state index contributed by atoms with van der Waals surface area (Å²) in [7, 11) is 0. The summed E-state index contributed by atoms with van der Waals surface area (Å²) in [6.45, 7) is 8.29. The lowest BCUT2D eigenvalue weighted by molar-refractivity contribution is 0.818. The van der Waals surface area contributed by atoms with E-state index in [-0.39, 0.29) is 0 Å². The molecule has 136 valence electrons. The van der Waals surface area contributed by atoms with Gasteiger partial charge in [-0.1, -0.05) is 12.1 Å². The van der Waals surface area contributed by atoms with Gasteiger partial charge in [0.2, 0.25) is 0 Å². The SMILES string of the molecule is CCNC(=NCc1ccc(-n2cncn2)cc1)NCc1sc(C)nc1C. The molecule has 0 saturated carbocycles.